The number of rotatable bonds is 10. The van der Waals surface area contributed by atoms with E-state index in [9.17, 15) is 18.8 Å². The molecule has 1 heterocycles. The number of hydrogen-bond donors (Lipinski definition) is 2. The van der Waals surface area contributed by atoms with Gasteiger partial charge in [-0.05, 0) is 66.4 Å². The van der Waals surface area contributed by atoms with Gasteiger partial charge in [-0.2, -0.15) is 0 Å². The summed E-state index contributed by atoms with van der Waals surface area (Å²) in [4.78, 5) is 42.3. The van der Waals surface area contributed by atoms with Gasteiger partial charge in [-0.3, -0.25) is 19.4 Å². The zero-order valence-electron chi connectivity index (χ0n) is 20.8. The predicted molar refractivity (Wildman–Crippen MR) is 142 cm³/mol. The van der Waals surface area contributed by atoms with Crippen LogP contribution < -0.4 is 15.8 Å². The molecule has 1 aliphatic carbocycles. The molecule has 3 N–H and O–H groups in total. The third kappa shape index (κ3) is 4.98. The number of Topliss-reactive ketones (excluding diaryl/α,β-unsaturated/α-hetero) is 2. The van der Waals surface area contributed by atoms with Crippen LogP contribution >= 0.6 is 0 Å². The first kappa shape index (κ1) is 25.1. The van der Waals surface area contributed by atoms with Crippen molar-refractivity contribution < 1.29 is 23.5 Å². The van der Waals surface area contributed by atoms with Crippen molar-refractivity contribution in [1.29, 1.82) is 0 Å². The standard InChI is InChI=1S/C30H26FN3O4/c1-33-24-17-25-22(16-23(24)29(32)37)26(10-13-34-25)38-21-8-4-19(5-9-21)15-28(36)30(11-12-30)27(35)14-18-2-6-20(31)7-3-18/h2-10,13,16-17,33H,11-12,14-15H2,1H3,(H2,32,37). The van der Waals surface area contributed by atoms with Gasteiger partial charge < -0.3 is 15.8 Å². The maximum Gasteiger partial charge on any atom is 0.250 e. The lowest BCUT2D eigenvalue weighted by Gasteiger charge is -2.14. The Morgan fingerprint density at radius 2 is 1.55 bits per heavy atom. The molecule has 1 aliphatic rings. The predicted octanol–water partition coefficient (Wildman–Crippen LogP) is 5.01. The summed E-state index contributed by atoms with van der Waals surface area (Å²) in [6, 6.07) is 18.0. The number of fused-ring (bicyclic) bond motifs is 1. The Bertz CT molecular complexity index is 1540. The zero-order chi connectivity index (χ0) is 26.9. The quantitative estimate of drug-likeness (QED) is 0.290. The van der Waals surface area contributed by atoms with Crippen LogP contribution in [-0.2, 0) is 22.4 Å². The second-order valence-electron chi connectivity index (χ2n) is 9.49. The van der Waals surface area contributed by atoms with Crippen molar-refractivity contribution in [3.8, 4) is 11.5 Å². The van der Waals surface area contributed by atoms with Crippen molar-refractivity contribution in [1.82, 2.24) is 4.98 Å². The van der Waals surface area contributed by atoms with Gasteiger partial charge in [-0.15, -0.1) is 0 Å². The number of ketones is 2. The number of aromatic nitrogens is 1. The maximum absolute atomic E-state index is 13.2. The lowest BCUT2D eigenvalue weighted by atomic mass is 9.88. The molecule has 192 valence electrons. The number of benzene rings is 3. The fourth-order valence-electron chi connectivity index (χ4n) is 4.62. The summed E-state index contributed by atoms with van der Waals surface area (Å²) in [7, 11) is 1.70. The highest BCUT2D eigenvalue weighted by molar-refractivity contribution is 6.11. The summed E-state index contributed by atoms with van der Waals surface area (Å²) in [5, 5.41) is 3.59. The van der Waals surface area contributed by atoms with E-state index in [1.807, 2.05) is 0 Å². The fraction of sp³-hybridized carbons (Fsp3) is 0.200. The lowest BCUT2D eigenvalue weighted by Crippen LogP contribution is -2.28. The van der Waals surface area contributed by atoms with Gasteiger partial charge in [0, 0.05) is 37.2 Å². The normalized spacial score (nSPS) is 13.6. The van der Waals surface area contributed by atoms with Gasteiger partial charge in [0.05, 0.1) is 16.5 Å². The van der Waals surface area contributed by atoms with Crippen LogP contribution in [0.1, 0.15) is 34.3 Å². The number of carbonyl (C=O) groups is 3. The molecule has 4 aromatic rings. The van der Waals surface area contributed by atoms with Crippen LogP contribution in [-0.4, -0.2) is 29.5 Å². The second-order valence-corrected chi connectivity index (χ2v) is 9.49. The highest BCUT2D eigenvalue weighted by Gasteiger charge is 2.54. The molecule has 1 amide bonds. The molecular formula is C30H26FN3O4. The molecule has 1 saturated carbocycles. The van der Waals surface area contributed by atoms with E-state index in [2.05, 4.69) is 10.3 Å². The molecule has 5 rings (SSSR count). The Morgan fingerprint density at radius 1 is 0.947 bits per heavy atom. The van der Waals surface area contributed by atoms with E-state index in [0.717, 1.165) is 5.56 Å². The largest absolute Gasteiger partial charge is 0.457 e. The first-order valence-electron chi connectivity index (χ1n) is 12.3. The Labute approximate surface area is 218 Å². The van der Waals surface area contributed by atoms with Crippen LogP contribution in [0, 0.1) is 11.2 Å². The SMILES string of the molecule is CNc1cc2nccc(Oc3ccc(CC(=O)C4(C(=O)Cc5ccc(F)cc5)CC4)cc3)c2cc1C(N)=O. The Morgan fingerprint density at radius 3 is 2.11 bits per heavy atom. The number of nitrogens with two attached hydrogens (primary N) is 1. The Hall–Kier alpha value is -4.59. The van der Waals surface area contributed by atoms with Crippen LogP contribution in [0.15, 0.2) is 72.9 Å². The van der Waals surface area contributed by atoms with Gasteiger partial charge in [0.15, 0.2) is 11.6 Å². The minimum atomic E-state index is -0.941. The number of halogens is 1. The van der Waals surface area contributed by atoms with Crippen LogP contribution in [0.25, 0.3) is 10.9 Å². The van der Waals surface area contributed by atoms with Crippen molar-refractivity contribution in [2.45, 2.75) is 25.7 Å². The summed E-state index contributed by atoms with van der Waals surface area (Å²) >= 11 is 0. The van der Waals surface area contributed by atoms with Gasteiger partial charge in [0.25, 0.3) is 5.91 Å². The topological polar surface area (TPSA) is 111 Å². The van der Waals surface area contributed by atoms with Crippen molar-refractivity contribution in [2.24, 2.45) is 11.1 Å². The summed E-state index contributed by atoms with van der Waals surface area (Å²) < 4.78 is 19.2. The summed E-state index contributed by atoms with van der Waals surface area (Å²) in [5.74, 6) is -0.0908. The van der Waals surface area contributed by atoms with E-state index < -0.39 is 11.3 Å². The number of amides is 1. The van der Waals surface area contributed by atoms with Gasteiger partial charge in [0.2, 0.25) is 0 Å². The molecule has 0 radical (unpaired) electrons. The van der Waals surface area contributed by atoms with Crippen molar-refractivity contribution in [3.05, 3.63) is 95.4 Å². The molecule has 0 atom stereocenters. The van der Waals surface area contributed by atoms with E-state index in [0.29, 0.717) is 52.1 Å². The van der Waals surface area contributed by atoms with Crippen LogP contribution in [0.3, 0.4) is 0 Å². The summed E-state index contributed by atoms with van der Waals surface area (Å²) in [6.45, 7) is 0. The maximum atomic E-state index is 13.2. The number of anilines is 1. The fourth-order valence-corrected chi connectivity index (χ4v) is 4.62. The summed E-state index contributed by atoms with van der Waals surface area (Å²) in [6.07, 6.45) is 2.97. The molecule has 7 nitrogen and oxygen atoms in total. The number of hydrogen-bond acceptors (Lipinski definition) is 6. The average Bonchev–Trinajstić information content (AvgIpc) is 3.73. The molecule has 3 aromatic carbocycles. The van der Waals surface area contributed by atoms with Crippen molar-refractivity contribution >= 4 is 34.1 Å². The molecule has 0 aliphatic heterocycles. The minimum absolute atomic E-state index is 0.0993. The zero-order valence-corrected chi connectivity index (χ0v) is 20.8. The number of nitrogens with one attached hydrogen (secondary N) is 1. The van der Waals surface area contributed by atoms with Crippen LogP contribution in [0.2, 0.25) is 0 Å². The van der Waals surface area contributed by atoms with Gasteiger partial charge in [-0.25, -0.2) is 4.39 Å². The van der Waals surface area contributed by atoms with E-state index in [-0.39, 0.29) is 30.2 Å². The smallest absolute Gasteiger partial charge is 0.250 e. The van der Waals surface area contributed by atoms with Gasteiger partial charge >= 0.3 is 0 Å². The highest BCUT2D eigenvalue weighted by atomic mass is 19.1. The minimum Gasteiger partial charge on any atom is -0.457 e. The number of nitrogens with zero attached hydrogens (tertiary/aromatic N) is 1. The Kier molecular flexibility index (Phi) is 6.63. The molecular weight excluding hydrogens is 485 g/mol. The molecule has 1 aromatic heterocycles. The van der Waals surface area contributed by atoms with Crippen LogP contribution in [0.5, 0.6) is 11.5 Å². The first-order valence-corrected chi connectivity index (χ1v) is 12.3. The van der Waals surface area contributed by atoms with E-state index in [1.165, 1.54) is 12.1 Å². The van der Waals surface area contributed by atoms with Gasteiger partial charge in [0.1, 0.15) is 17.3 Å². The molecule has 8 heteroatoms. The average molecular weight is 512 g/mol. The first-order chi connectivity index (χ1) is 18.3. The number of ether oxygens (including phenoxy) is 1. The van der Waals surface area contributed by atoms with E-state index in [1.54, 1.807) is 67.8 Å². The molecule has 0 spiro atoms. The third-order valence-electron chi connectivity index (χ3n) is 6.99. The lowest BCUT2D eigenvalue weighted by molar-refractivity contribution is -0.133. The summed E-state index contributed by atoms with van der Waals surface area (Å²) in [5.41, 5.74) is 7.61. The third-order valence-corrected chi connectivity index (χ3v) is 6.99. The Balaban J connectivity index is 1.28. The number of primary amides is 1. The molecule has 38 heavy (non-hydrogen) atoms. The molecule has 1 fully saturated rings. The molecule has 0 unspecified atom stereocenters. The molecule has 0 saturated heterocycles. The highest BCUT2D eigenvalue weighted by Crippen LogP contribution is 2.48. The van der Waals surface area contributed by atoms with Gasteiger partial charge in [-0.1, -0.05) is 24.3 Å². The monoisotopic (exact) mass is 511 g/mol. The second kappa shape index (κ2) is 10.0. The molecule has 0 bridgehead atoms. The van der Waals surface area contributed by atoms with Crippen LogP contribution in [0.4, 0.5) is 10.1 Å². The number of pyridine rings is 1. The van der Waals surface area contributed by atoms with E-state index >= 15 is 0 Å². The van der Waals surface area contributed by atoms with Crippen molar-refractivity contribution in [2.75, 3.05) is 12.4 Å². The van der Waals surface area contributed by atoms with E-state index in [4.69, 9.17) is 10.5 Å². The van der Waals surface area contributed by atoms with Crippen molar-refractivity contribution in [3.63, 3.8) is 0 Å². The number of carbonyl (C=O) groups excluding carboxylic acids is 3.